The molecule has 4 aromatic rings. The van der Waals surface area contributed by atoms with Crippen LogP contribution >= 0.6 is 0 Å². The van der Waals surface area contributed by atoms with E-state index in [1.165, 1.54) is 12.1 Å². The third kappa shape index (κ3) is 4.22. The molecule has 33 heavy (non-hydrogen) atoms. The first-order chi connectivity index (χ1) is 16.1. The second-order valence-corrected chi connectivity index (χ2v) is 8.21. The second-order valence-electron chi connectivity index (χ2n) is 8.21. The van der Waals surface area contributed by atoms with Gasteiger partial charge in [0.15, 0.2) is 5.82 Å². The summed E-state index contributed by atoms with van der Waals surface area (Å²) < 4.78 is 13.1. The van der Waals surface area contributed by atoms with Gasteiger partial charge in [0.2, 0.25) is 0 Å². The lowest BCUT2D eigenvalue weighted by Gasteiger charge is -2.40. The van der Waals surface area contributed by atoms with Crippen molar-refractivity contribution in [2.75, 3.05) is 29.9 Å². The van der Waals surface area contributed by atoms with Gasteiger partial charge in [-0.15, -0.1) is 10.2 Å². The van der Waals surface area contributed by atoms with Gasteiger partial charge in [0.05, 0.1) is 0 Å². The van der Waals surface area contributed by atoms with Crippen molar-refractivity contribution in [1.82, 2.24) is 15.1 Å². The molecule has 1 aromatic heterocycles. The third-order valence-electron chi connectivity index (χ3n) is 6.00. The molecule has 1 N–H and O–H groups in total. The Morgan fingerprint density at radius 1 is 0.909 bits per heavy atom. The van der Waals surface area contributed by atoms with E-state index in [-0.39, 0.29) is 17.9 Å². The zero-order valence-corrected chi connectivity index (χ0v) is 18.3. The van der Waals surface area contributed by atoms with Crippen molar-refractivity contribution >= 4 is 28.3 Å². The SMILES string of the molecule is CC1CN(c2nnc(-c3ccccc3)c3ccccc23)CCN1C(=O)Nc1ccc(F)cc1. The summed E-state index contributed by atoms with van der Waals surface area (Å²) in [7, 11) is 0. The highest BCUT2D eigenvalue weighted by atomic mass is 19.1. The first kappa shape index (κ1) is 20.9. The maximum atomic E-state index is 13.1. The van der Waals surface area contributed by atoms with E-state index in [1.807, 2.05) is 49.4 Å². The topological polar surface area (TPSA) is 61.4 Å². The van der Waals surface area contributed by atoms with Crippen molar-refractivity contribution in [2.24, 2.45) is 0 Å². The summed E-state index contributed by atoms with van der Waals surface area (Å²) in [5.74, 6) is 0.498. The number of nitrogens with one attached hydrogen (secondary N) is 1. The summed E-state index contributed by atoms with van der Waals surface area (Å²) in [6, 6.07) is 23.8. The van der Waals surface area contributed by atoms with Crippen LogP contribution in [0.2, 0.25) is 0 Å². The first-order valence-electron chi connectivity index (χ1n) is 11.0. The molecule has 0 bridgehead atoms. The maximum absolute atomic E-state index is 13.1. The van der Waals surface area contributed by atoms with Crippen LogP contribution in [0, 0.1) is 5.82 Å². The Kier molecular flexibility index (Phi) is 5.60. The Labute approximate surface area is 191 Å². The molecule has 7 heteroatoms. The van der Waals surface area contributed by atoms with Crippen molar-refractivity contribution < 1.29 is 9.18 Å². The fraction of sp³-hybridized carbons (Fsp3) is 0.192. The number of rotatable bonds is 3. The lowest BCUT2D eigenvalue weighted by atomic mass is 10.0. The normalized spacial score (nSPS) is 16.1. The molecule has 166 valence electrons. The van der Waals surface area contributed by atoms with Crippen molar-refractivity contribution in [1.29, 1.82) is 0 Å². The number of urea groups is 1. The van der Waals surface area contributed by atoms with Gasteiger partial charge in [0, 0.05) is 47.7 Å². The molecule has 5 rings (SSSR count). The third-order valence-corrected chi connectivity index (χ3v) is 6.00. The number of carbonyl (C=O) groups excluding carboxylic acids is 1. The quantitative estimate of drug-likeness (QED) is 0.476. The van der Waals surface area contributed by atoms with Crippen LogP contribution in [-0.4, -0.2) is 46.8 Å². The molecule has 1 unspecified atom stereocenters. The summed E-state index contributed by atoms with van der Waals surface area (Å²) in [5.41, 5.74) is 2.47. The van der Waals surface area contributed by atoms with E-state index in [4.69, 9.17) is 0 Å². The molecule has 3 aromatic carbocycles. The second kappa shape index (κ2) is 8.86. The van der Waals surface area contributed by atoms with Gasteiger partial charge >= 0.3 is 6.03 Å². The molecule has 1 fully saturated rings. The fourth-order valence-electron chi connectivity index (χ4n) is 4.31. The number of fused-ring (bicyclic) bond motifs is 1. The first-order valence-corrected chi connectivity index (χ1v) is 11.0. The van der Waals surface area contributed by atoms with E-state index in [9.17, 15) is 9.18 Å². The Balaban J connectivity index is 1.37. The summed E-state index contributed by atoms with van der Waals surface area (Å²) in [5, 5.41) is 14.1. The number of carbonyl (C=O) groups is 1. The number of piperazine rings is 1. The summed E-state index contributed by atoms with van der Waals surface area (Å²) in [4.78, 5) is 16.8. The number of hydrogen-bond donors (Lipinski definition) is 1. The molecular formula is C26H24FN5O. The van der Waals surface area contributed by atoms with Crippen LogP contribution in [-0.2, 0) is 0 Å². The highest BCUT2D eigenvalue weighted by Gasteiger charge is 2.29. The van der Waals surface area contributed by atoms with Gasteiger partial charge < -0.3 is 15.1 Å². The van der Waals surface area contributed by atoms with Crippen LogP contribution < -0.4 is 10.2 Å². The lowest BCUT2D eigenvalue weighted by Crippen LogP contribution is -2.55. The summed E-state index contributed by atoms with van der Waals surface area (Å²) >= 11 is 0. The Bertz CT molecular complexity index is 1280. The molecule has 0 radical (unpaired) electrons. The van der Waals surface area contributed by atoms with Crippen LogP contribution in [0.1, 0.15) is 6.92 Å². The Morgan fingerprint density at radius 2 is 1.61 bits per heavy atom. The number of benzene rings is 3. The number of nitrogens with zero attached hydrogens (tertiary/aromatic N) is 4. The zero-order chi connectivity index (χ0) is 22.8. The van der Waals surface area contributed by atoms with Gasteiger partial charge in [-0.1, -0.05) is 54.6 Å². The van der Waals surface area contributed by atoms with Crippen molar-refractivity contribution in [2.45, 2.75) is 13.0 Å². The summed E-state index contributed by atoms with van der Waals surface area (Å²) in [6.45, 7) is 3.85. The van der Waals surface area contributed by atoms with Crippen molar-refractivity contribution in [3.05, 3.63) is 84.7 Å². The highest BCUT2D eigenvalue weighted by molar-refractivity contribution is 6.00. The summed E-state index contributed by atoms with van der Waals surface area (Å²) in [6.07, 6.45) is 0. The molecule has 1 atom stereocenters. The zero-order valence-electron chi connectivity index (χ0n) is 18.3. The Morgan fingerprint density at radius 3 is 2.33 bits per heavy atom. The van der Waals surface area contributed by atoms with Crippen LogP contribution in [0.4, 0.5) is 20.7 Å². The number of aromatic nitrogens is 2. The number of amides is 2. The van der Waals surface area contributed by atoms with Gasteiger partial charge in [-0.05, 0) is 31.2 Å². The molecular weight excluding hydrogens is 417 g/mol. The number of anilines is 2. The highest BCUT2D eigenvalue weighted by Crippen LogP contribution is 2.32. The largest absolute Gasteiger partial charge is 0.351 e. The minimum atomic E-state index is -0.332. The van der Waals surface area contributed by atoms with Crippen molar-refractivity contribution in [3.63, 3.8) is 0 Å². The molecule has 6 nitrogen and oxygen atoms in total. The van der Waals surface area contributed by atoms with E-state index < -0.39 is 0 Å². The van der Waals surface area contributed by atoms with Gasteiger partial charge in [-0.3, -0.25) is 0 Å². The molecule has 0 aliphatic carbocycles. The monoisotopic (exact) mass is 441 g/mol. The van der Waals surface area contributed by atoms with Crippen molar-refractivity contribution in [3.8, 4) is 11.3 Å². The molecule has 0 spiro atoms. The smallest absolute Gasteiger partial charge is 0.322 e. The predicted octanol–water partition coefficient (Wildman–Crippen LogP) is 5.18. The predicted molar refractivity (Wildman–Crippen MR) is 129 cm³/mol. The van der Waals surface area contributed by atoms with Gasteiger partial charge in [0.25, 0.3) is 0 Å². The minimum absolute atomic E-state index is 0.0337. The van der Waals surface area contributed by atoms with Gasteiger partial charge in [-0.25, -0.2) is 9.18 Å². The van der Waals surface area contributed by atoms with E-state index >= 15 is 0 Å². The molecule has 2 heterocycles. The van der Waals surface area contributed by atoms with Crippen LogP contribution in [0.25, 0.3) is 22.0 Å². The van der Waals surface area contributed by atoms with Crippen LogP contribution in [0.15, 0.2) is 78.9 Å². The van der Waals surface area contributed by atoms with Gasteiger partial charge in [-0.2, -0.15) is 0 Å². The van der Waals surface area contributed by atoms with E-state index in [1.54, 1.807) is 17.0 Å². The average molecular weight is 442 g/mol. The molecule has 0 saturated carbocycles. The molecule has 1 aliphatic rings. The molecule has 1 saturated heterocycles. The molecule has 1 aliphatic heterocycles. The fourth-order valence-corrected chi connectivity index (χ4v) is 4.31. The van der Waals surface area contributed by atoms with Crippen LogP contribution in [0.5, 0.6) is 0 Å². The Hall–Kier alpha value is -4.00. The average Bonchev–Trinajstić information content (AvgIpc) is 2.85. The number of hydrogen-bond acceptors (Lipinski definition) is 4. The van der Waals surface area contributed by atoms with E-state index in [0.717, 1.165) is 27.8 Å². The molecule has 2 amide bonds. The standard InChI is InChI=1S/C26H24FN5O/c1-18-17-31(15-16-32(18)26(33)28-21-13-11-20(27)12-14-21)25-23-10-6-5-9-22(23)24(29-30-25)19-7-3-2-4-8-19/h2-14,18H,15-17H2,1H3,(H,28,33). The van der Waals surface area contributed by atoms with Gasteiger partial charge in [0.1, 0.15) is 11.5 Å². The van der Waals surface area contributed by atoms with E-state index in [0.29, 0.717) is 25.3 Å². The minimum Gasteiger partial charge on any atom is -0.351 e. The van der Waals surface area contributed by atoms with E-state index in [2.05, 4.69) is 32.5 Å². The lowest BCUT2D eigenvalue weighted by molar-refractivity contribution is 0.184. The number of halogens is 1. The van der Waals surface area contributed by atoms with Crippen LogP contribution in [0.3, 0.4) is 0 Å². The maximum Gasteiger partial charge on any atom is 0.322 e.